The van der Waals surface area contributed by atoms with Crippen LogP contribution in [0.1, 0.15) is 40.5 Å². The van der Waals surface area contributed by atoms with Crippen LogP contribution in [0, 0.1) is 0 Å². The van der Waals surface area contributed by atoms with Crippen molar-refractivity contribution in [3.05, 3.63) is 30.3 Å². The van der Waals surface area contributed by atoms with E-state index >= 15 is 0 Å². The minimum atomic E-state index is -0.410. The Morgan fingerprint density at radius 3 is 2.13 bits per heavy atom. The summed E-state index contributed by atoms with van der Waals surface area (Å²) < 4.78 is 0. The van der Waals surface area contributed by atoms with E-state index in [9.17, 15) is 4.79 Å². The van der Waals surface area contributed by atoms with Gasteiger partial charge in [0.05, 0.1) is 5.54 Å². The van der Waals surface area contributed by atoms with E-state index in [4.69, 9.17) is 5.73 Å². The summed E-state index contributed by atoms with van der Waals surface area (Å²) in [5, 5.41) is 3.23. The van der Waals surface area contributed by atoms with Crippen LogP contribution in [0.15, 0.2) is 30.3 Å². The summed E-state index contributed by atoms with van der Waals surface area (Å²) >= 11 is 0. The molecule has 1 unspecified atom stereocenters. The highest BCUT2D eigenvalue weighted by Gasteiger charge is 2.59. The van der Waals surface area contributed by atoms with Crippen LogP contribution >= 0.6 is 0 Å². The zero-order valence-electron chi connectivity index (χ0n) is 14.8. The van der Waals surface area contributed by atoms with E-state index < -0.39 is 5.54 Å². The molecule has 0 bridgehead atoms. The van der Waals surface area contributed by atoms with Gasteiger partial charge >= 0.3 is 6.03 Å². The molecule has 0 aliphatic carbocycles. The lowest BCUT2D eigenvalue weighted by Crippen LogP contribution is -2.70. The average molecular weight is 316 g/mol. The molecule has 23 heavy (non-hydrogen) atoms. The van der Waals surface area contributed by atoms with Crippen LogP contribution in [0.3, 0.4) is 0 Å². The number of rotatable bonds is 1. The second-order valence-electron chi connectivity index (χ2n) is 8.27. The van der Waals surface area contributed by atoms with E-state index in [-0.39, 0.29) is 23.3 Å². The van der Waals surface area contributed by atoms with Crippen molar-refractivity contribution >= 4 is 11.7 Å². The molecule has 3 rings (SSSR count). The molecule has 1 aromatic rings. The lowest BCUT2D eigenvalue weighted by atomic mass is 9.68. The topological polar surface area (TPSA) is 61.6 Å². The molecule has 0 saturated carbocycles. The fraction of sp³-hybridized carbons (Fsp3) is 0.611. The van der Waals surface area contributed by atoms with Crippen LogP contribution in [0.25, 0.3) is 0 Å². The Bertz CT molecular complexity index is 593. The van der Waals surface area contributed by atoms with Crippen molar-refractivity contribution in [3.8, 4) is 0 Å². The van der Waals surface area contributed by atoms with E-state index in [2.05, 4.69) is 45.0 Å². The van der Waals surface area contributed by atoms with Crippen LogP contribution in [0.5, 0.6) is 0 Å². The second-order valence-corrected chi connectivity index (χ2v) is 8.27. The Morgan fingerprint density at radius 1 is 1.09 bits per heavy atom. The Labute approximate surface area is 138 Å². The number of likely N-dealkylation sites (tertiary alicyclic amines) is 1. The number of nitrogens with zero attached hydrogens (tertiary/aromatic N) is 2. The Hall–Kier alpha value is -1.59. The number of piperidine rings is 1. The summed E-state index contributed by atoms with van der Waals surface area (Å²) in [5.74, 6) is 0. The Morgan fingerprint density at radius 2 is 1.61 bits per heavy atom. The first-order chi connectivity index (χ1) is 10.6. The summed E-state index contributed by atoms with van der Waals surface area (Å²) in [5.41, 5.74) is 6.98. The van der Waals surface area contributed by atoms with Crippen molar-refractivity contribution in [2.75, 3.05) is 11.9 Å². The van der Waals surface area contributed by atoms with E-state index in [1.807, 2.05) is 30.3 Å². The number of hydrogen-bond acceptors (Lipinski definition) is 3. The highest BCUT2D eigenvalue weighted by molar-refractivity contribution is 5.96. The first kappa shape index (κ1) is 16.3. The van der Waals surface area contributed by atoms with Crippen molar-refractivity contribution in [1.29, 1.82) is 0 Å². The van der Waals surface area contributed by atoms with Gasteiger partial charge in [0, 0.05) is 16.8 Å². The number of benzene rings is 1. The molecule has 2 aliphatic heterocycles. The Kier molecular flexibility index (Phi) is 3.50. The van der Waals surface area contributed by atoms with Gasteiger partial charge in [0.1, 0.15) is 6.17 Å². The molecule has 2 aliphatic rings. The standard InChI is InChI=1S/C18H28N4O/c1-16(2)11-18(12-17(3,4)21(16)5)14(19)22(15(23)20-18)13-9-7-6-8-10-13/h6-10,14H,11-12,19H2,1-5H3,(H,20,23). The third-order valence-electron chi connectivity index (χ3n) is 5.77. The number of urea groups is 1. The van der Waals surface area contributed by atoms with Gasteiger partial charge in [-0.3, -0.25) is 9.80 Å². The third kappa shape index (κ3) is 2.42. The maximum Gasteiger partial charge on any atom is 0.323 e. The number of para-hydroxylation sites is 1. The van der Waals surface area contributed by atoms with Gasteiger partial charge in [-0.15, -0.1) is 0 Å². The lowest BCUT2D eigenvalue weighted by Gasteiger charge is -2.58. The molecule has 5 heteroatoms. The summed E-state index contributed by atoms with van der Waals surface area (Å²) in [6.45, 7) is 8.89. The molecule has 0 aromatic heterocycles. The predicted molar refractivity (Wildman–Crippen MR) is 93.3 cm³/mol. The smallest absolute Gasteiger partial charge is 0.323 e. The van der Waals surface area contributed by atoms with Gasteiger partial charge < -0.3 is 11.1 Å². The molecule has 1 spiro atoms. The number of anilines is 1. The third-order valence-corrected chi connectivity index (χ3v) is 5.77. The van der Waals surface area contributed by atoms with Crippen molar-refractivity contribution in [2.24, 2.45) is 5.73 Å². The molecule has 5 nitrogen and oxygen atoms in total. The largest absolute Gasteiger partial charge is 0.329 e. The minimum Gasteiger partial charge on any atom is -0.329 e. The van der Waals surface area contributed by atoms with Crippen molar-refractivity contribution in [2.45, 2.75) is 63.3 Å². The second kappa shape index (κ2) is 4.95. The normalized spacial score (nSPS) is 28.9. The van der Waals surface area contributed by atoms with Gasteiger partial charge in [0.2, 0.25) is 0 Å². The van der Waals surface area contributed by atoms with Gasteiger partial charge in [-0.25, -0.2) is 4.79 Å². The summed E-state index contributed by atoms with van der Waals surface area (Å²) in [4.78, 5) is 16.8. The number of carbonyl (C=O) groups is 1. The quantitative estimate of drug-likeness (QED) is 0.837. The maximum absolute atomic E-state index is 12.7. The van der Waals surface area contributed by atoms with Crippen LogP contribution in [-0.4, -0.2) is 40.8 Å². The number of hydrogen-bond donors (Lipinski definition) is 2. The van der Waals surface area contributed by atoms with Crippen molar-refractivity contribution in [3.63, 3.8) is 0 Å². The molecular formula is C18H28N4O. The number of amides is 2. The maximum atomic E-state index is 12.7. The lowest BCUT2D eigenvalue weighted by molar-refractivity contribution is -0.0485. The molecule has 3 N–H and O–H groups in total. The fourth-order valence-electron chi connectivity index (χ4n) is 4.55. The summed E-state index contributed by atoms with van der Waals surface area (Å²) in [6, 6.07) is 9.58. The van der Waals surface area contributed by atoms with Crippen LogP contribution < -0.4 is 16.0 Å². The van der Waals surface area contributed by atoms with Crippen LogP contribution in [0.4, 0.5) is 10.5 Å². The molecule has 126 valence electrons. The predicted octanol–water partition coefficient (Wildman–Crippen LogP) is 2.52. The highest BCUT2D eigenvalue weighted by Crippen LogP contribution is 2.46. The average Bonchev–Trinajstić information content (AvgIpc) is 2.67. The SMILES string of the molecule is CN1C(C)(C)CC2(CC1(C)C)NC(=O)N(c1ccccc1)C2N. The van der Waals surface area contributed by atoms with Crippen molar-refractivity contribution < 1.29 is 4.79 Å². The molecule has 1 aromatic carbocycles. The first-order valence-corrected chi connectivity index (χ1v) is 8.25. The van der Waals surface area contributed by atoms with Gasteiger partial charge in [-0.1, -0.05) is 18.2 Å². The van der Waals surface area contributed by atoms with Gasteiger partial charge in [-0.05, 0) is 59.7 Å². The minimum absolute atomic E-state index is 0.0423. The summed E-state index contributed by atoms with van der Waals surface area (Å²) in [6.07, 6.45) is 1.29. The Balaban J connectivity index is 1.99. The first-order valence-electron chi connectivity index (χ1n) is 8.25. The highest BCUT2D eigenvalue weighted by atomic mass is 16.2. The van der Waals surface area contributed by atoms with E-state index in [0.717, 1.165) is 18.5 Å². The zero-order chi connectivity index (χ0) is 17.0. The zero-order valence-corrected chi connectivity index (χ0v) is 14.8. The molecular weight excluding hydrogens is 288 g/mol. The van der Waals surface area contributed by atoms with Crippen molar-refractivity contribution in [1.82, 2.24) is 10.2 Å². The van der Waals surface area contributed by atoms with Crippen LogP contribution in [0.2, 0.25) is 0 Å². The fourth-order valence-corrected chi connectivity index (χ4v) is 4.55. The molecule has 2 saturated heterocycles. The molecule has 1 atom stereocenters. The van der Waals surface area contributed by atoms with E-state index in [0.29, 0.717) is 0 Å². The molecule has 2 amide bonds. The summed E-state index contributed by atoms with van der Waals surface area (Å²) in [7, 11) is 2.16. The number of nitrogens with one attached hydrogen (secondary N) is 1. The van der Waals surface area contributed by atoms with Gasteiger partial charge in [-0.2, -0.15) is 0 Å². The molecule has 2 fully saturated rings. The molecule has 2 heterocycles. The van der Waals surface area contributed by atoms with E-state index in [1.54, 1.807) is 4.90 Å². The number of carbonyl (C=O) groups excluding carboxylic acids is 1. The van der Waals surface area contributed by atoms with Crippen LogP contribution in [-0.2, 0) is 0 Å². The van der Waals surface area contributed by atoms with Gasteiger partial charge in [0.25, 0.3) is 0 Å². The molecule has 0 radical (unpaired) electrons. The monoisotopic (exact) mass is 316 g/mol. The van der Waals surface area contributed by atoms with Gasteiger partial charge in [0.15, 0.2) is 0 Å². The van der Waals surface area contributed by atoms with E-state index in [1.165, 1.54) is 0 Å². The number of nitrogens with two attached hydrogens (primary N) is 1.